The minimum Gasteiger partial charge on any atom is -0.207 e. The number of hydrogen-bond donors (Lipinski definition) is 0. The summed E-state index contributed by atoms with van der Waals surface area (Å²) in [5.74, 6) is -0.336. The number of hydrogen-bond acceptors (Lipinski definition) is 3. The van der Waals surface area contributed by atoms with E-state index in [-0.39, 0.29) is 17.4 Å². The molecule has 0 aromatic heterocycles. The largest absolute Gasteiger partial charge is 0.243 e. The van der Waals surface area contributed by atoms with Gasteiger partial charge in [0.1, 0.15) is 0 Å². The molecule has 0 bridgehead atoms. The van der Waals surface area contributed by atoms with Gasteiger partial charge < -0.3 is 0 Å². The summed E-state index contributed by atoms with van der Waals surface area (Å²) in [6, 6.07) is 7.16. The van der Waals surface area contributed by atoms with Crippen LogP contribution in [-0.2, 0) is 10.0 Å². The van der Waals surface area contributed by atoms with E-state index in [0.29, 0.717) is 10.0 Å². The van der Waals surface area contributed by atoms with Gasteiger partial charge in [-0.3, -0.25) is 0 Å². The van der Waals surface area contributed by atoms with Gasteiger partial charge in [-0.25, -0.2) is 8.42 Å². The van der Waals surface area contributed by atoms with Gasteiger partial charge in [-0.05, 0) is 31.5 Å². The van der Waals surface area contributed by atoms with Crippen molar-refractivity contribution in [2.24, 2.45) is 5.92 Å². The maximum Gasteiger partial charge on any atom is 0.243 e. The second-order valence-electron chi connectivity index (χ2n) is 4.23. The van der Waals surface area contributed by atoms with Crippen molar-refractivity contribution in [2.45, 2.75) is 18.7 Å². The summed E-state index contributed by atoms with van der Waals surface area (Å²) >= 11 is 3.27. The molecule has 0 heterocycles. The van der Waals surface area contributed by atoms with Gasteiger partial charge in [0.05, 0.1) is 16.9 Å². The molecule has 1 atom stereocenters. The van der Waals surface area contributed by atoms with Crippen LogP contribution in [0, 0.1) is 24.2 Å². The second kappa shape index (κ2) is 5.83. The van der Waals surface area contributed by atoms with Crippen LogP contribution in [0.3, 0.4) is 0 Å². The highest BCUT2D eigenvalue weighted by Gasteiger charge is 2.24. The highest BCUT2D eigenvalue weighted by molar-refractivity contribution is 9.10. The third kappa shape index (κ3) is 3.31. The summed E-state index contributed by atoms with van der Waals surface area (Å²) in [7, 11) is -2.06. The van der Waals surface area contributed by atoms with Crippen molar-refractivity contribution in [3.05, 3.63) is 28.2 Å². The predicted octanol–water partition coefficient (Wildman–Crippen LogP) is 2.54. The van der Waals surface area contributed by atoms with Crippen molar-refractivity contribution in [3.63, 3.8) is 0 Å². The SMILES string of the molecule is Cc1ccc(Br)cc1S(=O)(=O)N(C)CC(C)C#N. The van der Waals surface area contributed by atoms with Gasteiger partial charge in [-0.1, -0.05) is 22.0 Å². The lowest BCUT2D eigenvalue weighted by molar-refractivity contribution is 0.439. The summed E-state index contributed by atoms with van der Waals surface area (Å²) in [5.41, 5.74) is 0.690. The average molecular weight is 331 g/mol. The first-order chi connectivity index (χ1) is 8.28. The van der Waals surface area contributed by atoms with Crippen LogP contribution in [-0.4, -0.2) is 26.3 Å². The molecule has 0 saturated carbocycles. The van der Waals surface area contributed by atoms with E-state index < -0.39 is 10.0 Å². The number of benzene rings is 1. The minimum atomic E-state index is -3.55. The molecular formula is C12H15BrN2O2S. The van der Waals surface area contributed by atoms with Crippen LogP contribution in [0.25, 0.3) is 0 Å². The Labute approximate surface area is 116 Å². The molecule has 0 N–H and O–H groups in total. The lowest BCUT2D eigenvalue weighted by Gasteiger charge is -2.19. The van der Waals surface area contributed by atoms with Crippen LogP contribution in [0.2, 0.25) is 0 Å². The molecule has 18 heavy (non-hydrogen) atoms. The molecule has 1 rings (SSSR count). The fourth-order valence-corrected chi connectivity index (χ4v) is 3.56. The van der Waals surface area contributed by atoms with Crippen molar-refractivity contribution < 1.29 is 8.42 Å². The number of halogens is 1. The average Bonchev–Trinajstić information content (AvgIpc) is 2.31. The minimum absolute atomic E-state index is 0.185. The van der Waals surface area contributed by atoms with Crippen molar-refractivity contribution in [3.8, 4) is 6.07 Å². The maximum absolute atomic E-state index is 12.4. The summed E-state index contributed by atoms with van der Waals surface area (Å²) in [5, 5.41) is 8.74. The van der Waals surface area contributed by atoms with E-state index in [9.17, 15) is 8.42 Å². The van der Waals surface area contributed by atoms with E-state index in [4.69, 9.17) is 5.26 Å². The standard InChI is InChI=1S/C12H15BrN2O2S/c1-9(7-14)8-15(3)18(16,17)12-6-11(13)5-4-10(12)2/h4-6,9H,8H2,1-3H3. The lowest BCUT2D eigenvalue weighted by atomic mass is 10.2. The second-order valence-corrected chi connectivity index (χ2v) is 7.15. The van der Waals surface area contributed by atoms with Gasteiger partial charge in [0, 0.05) is 18.1 Å². The van der Waals surface area contributed by atoms with Gasteiger partial charge in [-0.15, -0.1) is 0 Å². The van der Waals surface area contributed by atoms with Crippen molar-refractivity contribution in [1.29, 1.82) is 5.26 Å². The first-order valence-electron chi connectivity index (χ1n) is 5.41. The summed E-state index contributed by atoms with van der Waals surface area (Å²) in [6.07, 6.45) is 0. The molecule has 0 aliphatic rings. The number of nitriles is 1. The van der Waals surface area contributed by atoms with E-state index >= 15 is 0 Å². The summed E-state index contributed by atoms with van der Waals surface area (Å²) in [6.45, 7) is 3.63. The lowest BCUT2D eigenvalue weighted by Crippen LogP contribution is -2.31. The molecule has 0 spiro atoms. The van der Waals surface area contributed by atoms with Crippen molar-refractivity contribution in [2.75, 3.05) is 13.6 Å². The highest BCUT2D eigenvalue weighted by atomic mass is 79.9. The van der Waals surface area contributed by atoms with Gasteiger partial charge in [0.25, 0.3) is 0 Å². The predicted molar refractivity (Wildman–Crippen MR) is 73.5 cm³/mol. The molecule has 0 radical (unpaired) electrons. The molecule has 98 valence electrons. The van der Waals surface area contributed by atoms with Crippen LogP contribution >= 0.6 is 15.9 Å². The molecule has 1 aromatic rings. The zero-order valence-corrected chi connectivity index (χ0v) is 12.9. The Kier molecular flexibility index (Phi) is 4.91. The number of aryl methyl sites for hydroxylation is 1. The fourth-order valence-electron chi connectivity index (χ4n) is 1.54. The van der Waals surface area contributed by atoms with Crippen LogP contribution in [0.5, 0.6) is 0 Å². The van der Waals surface area contributed by atoms with Gasteiger partial charge >= 0.3 is 0 Å². The highest BCUT2D eigenvalue weighted by Crippen LogP contribution is 2.23. The quantitative estimate of drug-likeness (QED) is 0.852. The number of nitrogens with zero attached hydrogens (tertiary/aromatic N) is 2. The Morgan fingerprint density at radius 1 is 1.50 bits per heavy atom. The first kappa shape index (κ1) is 15.2. The number of sulfonamides is 1. The topological polar surface area (TPSA) is 61.2 Å². The molecule has 1 unspecified atom stereocenters. The zero-order valence-electron chi connectivity index (χ0n) is 10.5. The molecule has 0 aliphatic carbocycles. The van der Waals surface area contributed by atoms with Crippen LogP contribution in [0.1, 0.15) is 12.5 Å². The molecule has 0 fully saturated rings. The van der Waals surface area contributed by atoms with Crippen LogP contribution in [0.4, 0.5) is 0 Å². The number of rotatable bonds is 4. The van der Waals surface area contributed by atoms with E-state index in [0.717, 1.165) is 0 Å². The van der Waals surface area contributed by atoms with E-state index in [2.05, 4.69) is 15.9 Å². The zero-order chi connectivity index (χ0) is 13.9. The van der Waals surface area contributed by atoms with E-state index in [1.807, 2.05) is 6.07 Å². The Hall–Kier alpha value is -0.900. The smallest absolute Gasteiger partial charge is 0.207 e. The Balaban J connectivity index is 3.14. The normalized spacial score (nSPS) is 13.3. The molecule has 1 aromatic carbocycles. The third-order valence-corrected chi connectivity index (χ3v) is 5.05. The van der Waals surface area contributed by atoms with Crippen molar-refractivity contribution >= 4 is 26.0 Å². The molecule has 0 amide bonds. The maximum atomic E-state index is 12.4. The van der Waals surface area contributed by atoms with Gasteiger partial charge in [-0.2, -0.15) is 9.57 Å². The van der Waals surface area contributed by atoms with E-state index in [1.165, 1.54) is 11.4 Å². The van der Waals surface area contributed by atoms with Crippen molar-refractivity contribution in [1.82, 2.24) is 4.31 Å². The van der Waals surface area contributed by atoms with Gasteiger partial charge in [0.2, 0.25) is 10.0 Å². The molecule has 6 heteroatoms. The Morgan fingerprint density at radius 2 is 2.11 bits per heavy atom. The van der Waals surface area contributed by atoms with Crippen LogP contribution < -0.4 is 0 Å². The third-order valence-electron chi connectivity index (χ3n) is 2.59. The molecule has 0 aliphatic heterocycles. The molecule has 4 nitrogen and oxygen atoms in total. The van der Waals surface area contributed by atoms with E-state index in [1.54, 1.807) is 32.0 Å². The molecule has 0 saturated heterocycles. The molecular weight excluding hydrogens is 316 g/mol. The van der Waals surface area contributed by atoms with Gasteiger partial charge in [0.15, 0.2) is 0 Å². The Bertz CT molecular complexity index is 578. The monoisotopic (exact) mass is 330 g/mol. The first-order valence-corrected chi connectivity index (χ1v) is 7.64. The summed E-state index contributed by atoms with van der Waals surface area (Å²) in [4.78, 5) is 0.268. The van der Waals surface area contributed by atoms with Crippen LogP contribution in [0.15, 0.2) is 27.6 Å². The summed E-state index contributed by atoms with van der Waals surface area (Å²) < 4.78 is 26.6. The Morgan fingerprint density at radius 3 is 2.67 bits per heavy atom. The fraction of sp³-hybridized carbons (Fsp3) is 0.417.